The first kappa shape index (κ1) is 14.0. The van der Waals surface area contributed by atoms with Crippen LogP contribution in [-0.2, 0) is 0 Å². The minimum atomic E-state index is 0.182. The van der Waals surface area contributed by atoms with Crippen LogP contribution in [0.25, 0.3) is 22.6 Å². The summed E-state index contributed by atoms with van der Waals surface area (Å²) in [5, 5.41) is 0. The van der Waals surface area contributed by atoms with Gasteiger partial charge >= 0.3 is 0 Å². The van der Waals surface area contributed by atoms with Gasteiger partial charge in [0.05, 0.1) is 12.1 Å². The molecule has 1 N–H and O–H groups in total. The highest BCUT2D eigenvalue weighted by Gasteiger charge is 2.17. The quantitative estimate of drug-likeness (QED) is 0.735. The molecule has 0 aliphatic rings. The Kier molecular flexibility index (Phi) is 3.92. The first-order chi connectivity index (χ1) is 10.8. The summed E-state index contributed by atoms with van der Waals surface area (Å²) >= 11 is 0. The van der Waals surface area contributed by atoms with Gasteiger partial charge in [-0.2, -0.15) is 0 Å². The number of ether oxygens (including phenoxy) is 2. The van der Waals surface area contributed by atoms with Crippen molar-refractivity contribution in [2.45, 2.75) is 6.92 Å². The second-order valence-corrected chi connectivity index (χ2v) is 4.52. The van der Waals surface area contributed by atoms with E-state index in [0.29, 0.717) is 29.6 Å². The average Bonchev–Trinajstić information content (AvgIpc) is 2.96. The molecular formula is C17H15N3O2. The molecule has 1 aromatic carbocycles. The van der Waals surface area contributed by atoms with Gasteiger partial charge < -0.3 is 14.5 Å². The van der Waals surface area contributed by atoms with E-state index in [4.69, 9.17) is 15.9 Å². The van der Waals surface area contributed by atoms with Crippen molar-refractivity contribution in [3.63, 3.8) is 0 Å². The van der Waals surface area contributed by atoms with Gasteiger partial charge in [-0.25, -0.2) is 9.97 Å². The zero-order valence-corrected chi connectivity index (χ0v) is 12.2. The van der Waals surface area contributed by atoms with Gasteiger partial charge in [-0.1, -0.05) is 12.0 Å². The number of pyridine rings is 1. The molecule has 0 bridgehead atoms. The van der Waals surface area contributed by atoms with Gasteiger partial charge in [0.2, 0.25) is 0 Å². The molecule has 3 aromatic rings. The number of hydrogen-bond donors (Lipinski definition) is 1. The molecule has 22 heavy (non-hydrogen) atoms. The molecule has 0 unspecified atom stereocenters. The molecule has 2 heterocycles. The number of benzene rings is 1. The topological polar surface area (TPSA) is 60.0 Å². The van der Waals surface area contributed by atoms with Crippen LogP contribution in [0.15, 0.2) is 36.5 Å². The number of imidazole rings is 1. The van der Waals surface area contributed by atoms with Gasteiger partial charge in [0, 0.05) is 6.20 Å². The fourth-order valence-electron chi connectivity index (χ4n) is 2.22. The lowest BCUT2D eigenvalue weighted by molar-refractivity contribution is 0.334. The van der Waals surface area contributed by atoms with Gasteiger partial charge in [0.25, 0.3) is 0 Å². The number of H-pyrrole nitrogens is 1. The predicted octanol–water partition coefficient (Wildman–Crippen LogP) is 3.04. The normalized spacial score (nSPS) is 10.4. The van der Waals surface area contributed by atoms with Crippen molar-refractivity contribution in [3.8, 4) is 35.2 Å². The molecule has 0 spiro atoms. The van der Waals surface area contributed by atoms with Gasteiger partial charge in [-0.05, 0) is 31.2 Å². The van der Waals surface area contributed by atoms with E-state index >= 15 is 0 Å². The largest absolute Gasteiger partial charge is 0.493 e. The molecule has 0 saturated carbocycles. The van der Waals surface area contributed by atoms with Crippen molar-refractivity contribution in [1.29, 1.82) is 0 Å². The van der Waals surface area contributed by atoms with Crippen LogP contribution in [-0.4, -0.2) is 28.2 Å². The predicted molar refractivity (Wildman–Crippen MR) is 84.8 cm³/mol. The highest BCUT2D eigenvalue weighted by atomic mass is 16.5. The van der Waals surface area contributed by atoms with Crippen molar-refractivity contribution in [1.82, 2.24) is 15.0 Å². The lowest BCUT2D eigenvalue weighted by Gasteiger charge is -2.13. The van der Waals surface area contributed by atoms with E-state index in [1.54, 1.807) is 6.20 Å². The van der Waals surface area contributed by atoms with Crippen molar-refractivity contribution < 1.29 is 9.47 Å². The summed E-state index contributed by atoms with van der Waals surface area (Å²) in [6, 6.07) is 9.36. The van der Waals surface area contributed by atoms with Crippen LogP contribution in [0.2, 0.25) is 0 Å². The van der Waals surface area contributed by atoms with Crippen molar-refractivity contribution in [2.75, 3.05) is 13.2 Å². The third-order valence-electron chi connectivity index (χ3n) is 3.09. The molecule has 5 heteroatoms. The van der Waals surface area contributed by atoms with Gasteiger partial charge in [-0.15, -0.1) is 6.42 Å². The number of hydrogen-bond acceptors (Lipinski definition) is 4. The third kappa shape index (κ3) is 2.59. The summed E-state index contributed by atoms with van der Waals surface area (Å²) in [6.07, 6.45) is 6.99. The molecule has 0 aliphatic carbocycles. The van der Waals surface area contributed by atoms with E-state index < -0.39 is 0 Å². The average molecular weight is 293 g/mol. The van der Waals surface area contributed by atoms with Crippen LogP contribution in [0.4, 0.5) is 0 Å². The second-order valence-electron chi connectivity index (χ2n) is 4.52. The molecule has 0 aliphatic heterocycles. The molecule has 0 fully saturated rings. The summed E-state index contributed by atoms with van der Waals surface area (Å²) in [4.78, 5) is 12.0. The van der Waals surface area contributed by atoms with Gasteiger partial charge in [0.15, 0.2) is 5.65 Å². The smallest absolute Gasteiger partial charge is 0.178 e. The van der Waals surface area contributed by atoms with E-state index in [1.165, 1.54) is 0 Å². The van der Waals surface area contributed by atoms with Crippen LogP contribution in [0.3, 0.4) is 0 Å². The molecule has 0 atom stereocenters. The van der Waals surface area contributed by atoms with E-state index in [0.717, 1.165) is 11.1 Å². The summed E-state index contributed by atoms with van der Waals surface area (Å²) < 4.78 is 11.3. The Morgan fingerprint density at radius 2 is 2.00 bits per heavy atom. The molecule has 0 amide bonds. The van der Waals surface area contributed by atoms with Crippen molar-refractivity contribution in [2.24, 2.45) is 0 Å². The first-order valence-electron chi connectivity index (χ1n) is 6.96. The SMILES string of the molecule is C#CCOc1cccc(OCC)c1-c1nc2ncccc2[nH]1. The fourth-order valence-corrected chi connectivity index (χ4v) is 2.22. The highest BCUT2D eigenvalue weighted by Crippen LogP contribution is 2.37. The van der Waals surface area contributed by atoms with Crippen molar-refractivity contribution >= 4 is 11.2 Å². The van der Waals surface area contributed by atoms with E-state index in [2.05, 4.69) is 20.9 Å². The standard InChI is InChI=1S/C17H15N3O2/c1-3-11-22-14-9-5-8-13(21-4-2)15(14)17-19-12-7-6-10-18-16(12)20-17/h1,5-10H,4,11H2,2H3,(H,18,19,20). The Morgan fingerprint density at radius 3 is 2.73 bits per heavy atom. The Morgan fingerprint density at radius 1 is 1.18 bits per heavy atom. The van der Waals surface area contributed by atoms with Crippen molar-refractivity contribution in [3.05, 3.63) is 36.5 Å². The number of terminal acetylenes is 1. The molecule has 110 valence electrons. The maximum Gasteiger partial charge on any atom is 0.178 e. The zero-order valence-electron chi connectivity index (χ0n) is 12.2. The molecule has 0 radical (unpaired) electrons. The minimum Gasteiger partial charge on any atom is -0.493 e. The number of nitrogens with one attached hydrogen (secondary N) is 1. The Balaban J connectivity index is 2.15. The maximum absolute atomic E-state index is 5.70. The van der Waals surface area contributed by atoms with E-state index in [9.17, 15) is 0 Å². The van der Waals surface area contributed by atoms with Crippen LogP contribution >= 0.6 is 0 Å². The Labute approximate surface area is 128 Å². The highest BCUT2D eigenvalue weighted by molar-refractivity contribution is 5.80. The maximum atomic E-state index is 5.70. The first-order valence-corrected chi connectivity index (χ1v) is 6.96. The second kappa shape index (κ2) is 6.19. The van der Waals surface area contributed by atoms with Crippen LogP contribution in [0.1, 0.15) is 6.92 Å². The summed E-state index contributed by atoms with van der Waals surface area (Å²) in [5.74, 6) is 4.43. The number of aromatic nitrogens is 3. The Hall–Kier alpha value is -3.00. The molecule has 5 nitrogen and oxygen atoms in total. The molecule has 2 aromatic heterocycles. The van der Waals surface area contributed by atoms with E-state index in [1.807, 2.05) is 37.3 Å². The fraction of sp³-hybridized carbons (Fsp3) is 0.176. The zero-order chi connectivity index (χ0) is 15.4. The molecule has 0 saturated heterocycles. The lowest BCUT2D eigenvalue weighted by atomic mass is 10.1. The number of rotatable bonds is 5. The Bertz CT molecular complexity index is 800. The van der Waals surface area contributed by atoms with Crippen LogP contribution < -0.4 is 9.47 Å². The summed E-state index contributed by atoms with van der Waals surface area (Å²) in [7, 11) is 0. The molecule has 3 rings (SSSR count). The van der Waals surface area contributed by atoms with E-state index in [-0.39, 0.29) is 6.61 Å². The summed E-state index contributed by atoms with van der Waals surface area (Å²) in [5.41, 5.74) is 2.25. The van der Waals surface area contributed by atoms with Gasteiger partial charge in [0.1, 0.15) is 29.5 Å². The van der Waals surface area contributed by atoms with Crippen LogP contribution in [0, 0.1) is 12.3 Å². The third-order valence-corrected chi connectivity index (χ3v) is 3.09. The number of fused-ring (bicyclic) bond motifs is 1. The minimum absolute atomic E-state index is 0.182. The van der Waals surface area contributed by atoms with Gasteiger partial charge in [-0.3, -0.25) is 0 Å². The number of aromatic amines is 1. The lowest BCUT2D eigenvalue weighted by Crippen LogP contribution is -2.00. The molecular weight excluding hydrogens is 278 g/mol. The monoisotopic (exact) mass is 293 g/mol. The number of nitrogens with zero attached hydrogens (tertiary/aromatic N) is 2. The summed E-state index contributed by atoms with van der Waals surface area (Å²) in [6.45, 7) is 2.66. The van der Waals surface area contributed by atoms with Crippen LogP contribution in [0.5, 0.6) is 11.5 Å².